The van der Waals surface area contributed by atoms with Crippen molar-refractivity contribution in [2.75, 3.05) is 7.11 Å². The first kappa shape index (κ1) is 12.5. The molecule has 0 radical (unpaired) electrons. The molecule has 1 heterocycles. The van der Waals surface area contributed by atoms with E-state index in [-0.39, 0.29) is 0 Å². The van der Waals surface area contributed by atoms with Crippen molar-refractivity contribution in [2.24, 2.45) is 0 Å². The van der Waals surface area contributed by atoms with Gasteiger partial charge < -0.3 is 4.74 Å². The minimum absolute atomic E-state index is 0.314. The van der Waals surface area contributed by atoms with E-state index in [1.54, 1.807) is 17.5 Å². The number of thiazole rings is 1. The Balaban J connectivity index is 2.40. The summed E-state index contributed by atoms with van der Waals surface area (Å²) in [7, 11) is 1.33. The van der Waals surface area contributed by atoms with E-state index >= 15 is 0 Å². The fourth-order valence-corrected chi connectivity index (χ4v) is 3.09. The second kappa shape index (κ2) is 5.16. The summed E-state index contributed by atoms with van der Waals surface area (Å²) >= 11 is 10.7. The fourth-order valence-electron chi connectivity index (χ4n) is 1.26. The fraction of sp³-hybridized carbons (Fsp3) is 0.0909. The number of nitrogens with zero attached hydrogens (tertiary/aromatic N) is 1. The van der Waals surface area contributed by atoms with Gasteiger partial charge in [-0.15, -0.1) is 11.3 Å². The van der Waals surface area contributed by atoms with Crippen LogP contribution in [0.2, 0.25) is 5.02 Å². The molecule has 0 saturated heterocycles. The normalized spacial score (nSPS) is 10.3. The average Bonchev–Trinajstić information content (AvgIpc) is 2.77. The van der Waals surface area contributed by atoms with E-state index in [1.807, 2.05) is 6.07 Å². The minimum Gasteiger partial charge on any atom is -0.464 e. The molecule has 0 N–H and O–H groups in total. The van der Waals surface area contributed by atoms with Crippen LogP contribution in [-0.4, -0.2) is 18.1 Å². The van der Waals surface area contributed by atoms with Crippen LogP contribution in [0.4, 0.5) is 0 Å². The third-order valence-corrected chi connectivity index (χ3v) is 3.83. The van der Waals surface area contributed by atoms with Crippen molar-refractivity contribution < 1.29 is 9.53 Å². The summed E-state index contributed by atoms with van der Waals surface area (Å²) < 4.78 is 5.45. The standard InChI is InChI=1S/C11H7BrClNO2S/c1-16-11(15)9-5-17-10(14-9)7-3-2-6(13)4-8(7)12/h2-5H,1H3. The van der Waals surface area contributed by atoms with Crippen molar-refractivity contribution in [1.82, 2.24) is 4.98 Å². The summed E-state index contributed by atoms with van der Waals surface area (Å²) in [6.45, 7) is 0. The van der Waals surface area contributed by atoms with E-state index < -0.39 is 5.97 Å². The summed E-state index contributed by atoms with van der Waals surface area (Å²) in [6, 6.07) is 5.42. The van der Waals surface area contributed by atoms with Crippen molar-refractivity contribution in [3.63, 3.8) is 0 Å². The van der Waals surface area contributed by atoms with Crippen molar-refractivity contribution >= 4 is 44.8 Å². The molecule has 17 heavy (non-hydrogen) atoms. The summed E-state index contributed by atoms with van der Waals surface area (Å²) in [5.41, 5.74) is 1.21. The molecule has 0 bridgehead atoms. The third kappa shape index (κ3) is 2.68. The first-order chi connectivity index (χ1) is 8.11. The molecule has 0 unspecified atom stereocenters. The zero-order chi connectivity index (χ0) is 12.4. The maximum absolute atomic E-state index is 11.3. The average molecular weight is 333 g/mol. The smallest absolute Gasteiger partial charge is 0.357 e. The number of benzene rings is 1. The largest absolute Gasteiger partial charge is 0.464 e. The predicted octanol–water partition coefficient (Wildman–Crippen LogP) is 4.01. The number of hydrogen-bond acceptors (Lipinski definition) is 4. The molecule has 2 aromatic rings. The van der Waals surface area contributed by atoms with E-state index in [4.69, 9.17) is 11.6 Å². The lowest BCUT2D eigenvalue weighted by atomic mass is 10.2. The van der Waals surface area contributed by atoms with E-state index in [1.165, 1.54) is 18.4 Å². The number of ether oxygens (including phenoxy) is 1. The Kier molecular flexibility index (Phi) is 3.81. The molecule has 0 aliphatic heterocycles. The molecule has 0 aliphatic carbocycles. The molecule has 0 amide bonds. The second-order valence-electron chi connectivity index (χ2n) is 3.15. The number of carbonyl (C=O) groups excluding carboxylic acids is 1. The van der Waals surface area contributed by atoms with Gasteiger partial charge in [0.05, 0.1) is 7.11 Å². The predicted molar refractivity (Wildman–Crippen MR) is 71.6 cm³/mol. The van der Waals surface area contributed by atoms with Gasteiger partial charge in [-0.25, -0.2) is 9.78 Å². The quantitative estimate of drug-likeness (QED) is 0.780. The number of esters is 1. The van der Waals surface area contributed by atoms with Crippen LogP contribution in [0.25, 0.3) is 10.6 Å². The molecule has 0 saturated carbocycles. The molecule has 0 spiro atoms. The van der Waals surface area contributed by atoms with Gasteiger partial charge in [0.1, 0.15) is 5.01 Å². The number of halogens is 2. The van der Waals surface area contributed by atoms with E-state index in [0.717, 1.165) is 15.0 Å². The van der Waals surface area contributed by atoms with Gasteiger partial charge in [0.2, 0.25) is 0 Å². The highest BCUT2D eigenvalue weighted by atomic mass is 79.9. The molecule has 88 valence electrons. The Bertz CT molecular complexity index is 570. The summed E-state index contributed by atoms with van der Waals surface area (Å²) in [5.74, 6) is -0.433. The van der Waals surface area contributed by atoms with Gasteiger partial charge in [-0.05, 0) is 18.2 Å². The molecule has 0 atom stereocenters. The van der Waals surface area contributed by atoms with Crippen LogP contribution in [0, 0.1) is 0 Å². The Morgan fingerprint density at radius 2 is 2.29 bits per heavy atom. The SMILES string of the molecule is COC(=O)c1csc(-c2ccc(Cl)cc2Br)n1. The number of aromatic nitrogens is 1. The monoisotopic (exact) mass is 331 g/mol. The van der Waals surface area contributed by atoms with E-state index in [2.05, 4.69) is 25.7 Å². The Morgan fingerprint density at radius 3 is 2.94 bits per heavy atom. The topological polar surface area (TPSA) is 39.2 Å². The third-order valence-electron chi connectivity index (χ3n) is 2.06. The van der Waals surface area contributed by atoms with Crippen molar-refractivity contribution in [2.45, 2.75) is 0 Å². The Hall–Kier alpha value is -0.910. The minimum atomic E-state index is -0.433. The highest BCUT2D eigenvalue weighted by molar-refractivity contribution is 9.10. The van der Waals surface area contributed by atoms with Gasteiger partial charge in [0.15, 0.2) is 5.69 Å². The molecule has 1 aromatic heterocycles. The molecular weight excluding hydrogens is 326 g/mol. The van der Waals surface area contributed by atoms with Gasteiger partial charge in [0.25, 0.3) is 0 Å². The first-order valence-corrected chi connectivity index (χ1v) is 6.66. The number of methoxy groups -OCH3 is 1. The molecule has 6 heteroatoms. The van der Waals surface area contributed by atoms with Crippen LogP contribution in [0.1, 0.15) is 10.5 Å². The molecular formula is C11H7BrClNO2S. The van der Waals surface area contributed by atoms with Crippen LogP contribution >= 0.6 is 38.9 Å². The van der Waals surface area contributed by atoms with E-state index in [0.29, 0.717) is 10.7 Å². The number of hydrogen-bond donors (Lipinski definition) is 0. The second-order valence-corrected chi connectivity index (χ2v) is 5.30. The van der Waals surface area contributed by atoms with Gasteiger partial charge in [-0.2, -0.15) is 0 Å². The lowest BCUT2D eigenvalue weighted by Crippen LogP contribution is -2.00. The summed E-state index contributed by atoms with van der Waals surface area (Å²) in [5, 5.41) is 3.06. The van der Waals surface area contributed by atoms with Crippen LogP contribution in [0.15, 0.2) is 28.1 Å². The van der Waals surface area contributed by atoms with Crippen molar-refractivity contribution in [1.29, 1.82) is 0 Å². The number of rotatable bonds is 2. The van der Waals surface area contributed by atoms with Crippen molar-refractivity contribution in [3.8, 4) is 10.6 Å². The van der Waals surface area contributed by atoms with Crippen LogP contribution in [-0.2, 0) is 4.74 Å². The molecule has 0 aliphatic rings. The lowest BCUT2D eigenvalue weighted by molar-refractivity contribution is 0.0595. The Labute approximate surface area is 116 Å². The van der Waals surface area contributed by atoms with Gasteiger partial charge in [-0.3, -0.25) is 0 Å². The Morgan fingerprint density at radius 1 is 1.53 bits per heavy atom. The molecule has 2 rings (SSSR count). The zero-order valence-corrected chi connectivity index (χ0v) is 11.9. The van der Waals surface area contributed by atoms with E-state index in [9.17, 15) is 4.79 Å². The number of carbonyl (C=O) groups is 1. The highest BCUT2D eigenvalue weighted by Crippen LogP contribution is 2.32. The lowest BCUT2D eigenvalue weighted by Gasteiger charge is -2.00. The zero-order valence-electron chi connectivity index (χ0n) is 8.74. The van der Waals surface area contributed by atoms with Crippen LogP contribution in [0.5, 0.6) is 0 Å². The molecule has 0 fully saturated rings. The van der Waals surface area contributed by atoms with Gasteiger partial charge >= 0.3 is 5.97 Å². The first-order valence-electron chi connectivity index (χ1n) is 4.61. The highest BCUT2D eigenvalue weighted by Gasteiger charge is 2.13. The maximum Gasteiger partial charge on any atom is 0.357 e. The molecule has 3 nitrogen and oxygen atoms in total. The summed E-state index contributed by atoms with van der Waals surface area (Å²) in [4.78, 5) is 15.5. The van der Waals surface area contributed by atoms with Gasteiger partial charge in [0, 0.05) is 20.4 Å². The van der Waals surface area contributed by atoms with Gasteiger partial charge in [-0.1, -0.05) is 27.5 Å². The van der Waals surface area contributed by atoms with Crippen LogP contribution in [0.3, 0.4) is 0 Å². The summed E-state index contributed by atoms with van der Waals surface area (Å²) in [6.07, 6.45) is 0. The van der Waals surface area contributed by atoms with Crippen LogP contribution < -0.4 is 0 Å². The maximum atomic E-state index is 11.3. The van der Waals surface area contributed by atoms with Crippen molar-refractivity contribution in [3.05, 3.63) is 38.8 Å². The molecule has 1 aromatic carbocycles.